The lowest BCUT2D eigenvalue weighted by Gasteiger charge is -2.02. The highest BCUT2D eigenvalue weighted by atomic mass is 16.5. The van der Waals surface area contributed by atoms with Gasteiger partial charge in [-0.1, -0.05) is 0 Å². The van der Waals surface area contributed by atoms with Crippen LogP contribution in [-0.2, 0) is 11.3 Å². The Hall–Kier alpha value is -3.53. The number of anilines is 1. The van der Waals surface area contributed by atoms with Crippen molar-refractivity contribution in [3.8, 4) is 11.3 Å². The maximum absolute atomic E-state index is 11.2. The summed E-state index contributed by atoms with van der Waals surface area (Å²) < 4.78 is 1.69. The smallest absolute Gasteiger partial charge is 0.243 e. The van der Waals surface area contributed by atoms with Gasteiger partial charge in [-0.25, -0.2) is 25.1 Å². The number of aryl methyl sites for hydroxylation is 1. The van der Waals surface area contributed by atoms with Gasteiger partial charge < -0.3 is 10.7 Å². The molecular weight excluding hydrogens is 336 g/mol. The molecule has 0 bridgehead atoms. The van der Waals surface area contributed by atoms with Crippen LogP contribution in [0.4, 0.5) is 5.82 Å². The van der Waals surface area contributed by atoms with Crippen LogP contribution in [0.1, 0.15) is 12.8 Å². The van der Waals surface area contributed by atoms with Crippen LogP contribution in [0.3, 0.4) is 0 Å². The number of carbonyl (C=O) groups excluding carboxylic acids is 1. The summed E-state index contributed by atoms with van der Waals surface area (Å²) in [5.41, 5.74) is 10.5. The molecule has 4 rings (SSSR count). The summed E-state index contributed by atoms with van der Waals surface area (Å²) in [7, 11) is 0. The maximum Gasteiger partial charge on any atom is 0.243 e. The summed E-state index contributed by atoms with van der Waals surface area (Å²) in [6, 6.07) is 3.90. The first-order valence-corrected chi connectivity index (χ1v) is 8.01. The minimum Gasteiger partial charge on any atom is -0.383 e. The van der Waals surface area contributed by atoms with Crippen molar-refractivity contribution < 1.29 is 10.0 Å². The first-order valence-electron chi connectivity index (χ1n) is 8.01. The van der Waals surface area contributed by atoms with Gasteiger partial charge in [0.15, 0.2) is 5.65 Å². The number of nitrogen functional groups attached to an aromatic ring is 1. The van der Waals surface area contributed by atoms with E-state index in [1.807, 2.05) is 18.3 Å². The molecule has 0 unspecified atom stereocenters. The molecule has 0 saturated carbocycles. The van der Waals surface area contributed by atoms with Gasteiger partial charge in [0.05, 0.1) is 5.39 Å². The Kier molecular flexibility index (Phi) is 3.93. The van der Waals surface area contributed by atoms with Gasteiger partial charge in [0, 0.05) is 36.3 Å². The minimum absolute atomic E-state index is 0.171. The minimum atomic E-state index is -0.446. The molecule has 0 spiro atoms. The number of nitrogens with one attached hydrogen (secondary N) is 2. The van der Waals surface area contributed by atoms with E-state index in [0.29, 0.717) is 35.5 Å². The van der Waals surface area contributed by atoms with Crippen LogP contribution in [0, 0.1) is 0 Å². The molecule has 4 aromatic rings. The van der Waals surface area contributed by atoms with Crippen LogP contribution >= 0.6 is 0 Å². The molecule has 0 aliphatic heterocycles. The van der Waals surface area contributed by atoms with Gasteiger partial charge in [-0.2, -0.15) is 5.10 Å². The largest absolute Gasteiger partial charge is 0.383 e. The molecule has 4 heterocycles. The number of nitrogens with two attached hydrogens (primary N) is 1. The van der Waals surface area contributed by atoms with Crippen LogP contribution in [0.25, 0.3) is 33.3 Å². The molecule has 0 aliphatic rings. The van der Waals surface area contributed by atoms with Crippen molar-refractivity contribution in [2.24, 2.45) is 0 Å². The van der Waals surface area contributed by atoms with Crippen LogP contribution in [0.5, 0.6) is 0 Å². The van der Waals surface area contributed by atoms with Crippen molar-refractivity contribution in [1.82, 2.24) is 35.2 Å². The number of hydrogen-bond acceptors (Lipinski definition) is 7. The van der Waals surface area contributed by atoms with Crippen molar-refractivity contribution in [3.63, 3.8) is 0 Å². The summed E-state index contributed by atoms with van der Waals surface area (Å²) in [5, 5.41) is 14.8. The Labute approximate surface area is 147 Å². The second-order valence-corrected chi connectivity index (χ2v) is 5.81. The molecule has 10 nitrogen and oxygen atoms in total. The normalized spacial score (nSPS) is 11.3. The number of carbonyl (C=O) groups is 1. The molecule has 0 saturated heterocycles. The summed E-state index contributed by atoms with van der Waals surface area (Å²) in [5.74, 6) is -0.114. The Morgan fingerprint density at radius 3 is 3.08 bits per heavy atom. The fraction of sp³-hybridized carbons (Fsp3) is 0.188. The monoisotopic (exact) mass is 352 g/mol. The predicted molar refractivity (Wildman–Crippen MR) is 94.0 cm³/mol. The van der Waals surface area contributed by atoms with Crippen LogP contribution in [0.2, 0.25) is 0 Å². The van der Waals surface area contributed by atoms with E-state index < -0.39 is 5.91 Å². The summed E-state index contributed by atoms with van der Waals surface area (Å²) >= 11 is 0. The van der Waals surface area contributed by atoms with E-state index in [9.17, 15) is 4.79 Å². The molecule has 0 fully saturated rings. The lowest BCUT2D eigenvalue weighted by Crippen LogP contribution is -2.18. The standard InChI is InChI=1S/C16H16N8O2/c17-14-12-13(10-6-9-3-4-18-15(9)19-7-10)22-24(16(12)21-8-20-14)5-1-2-11(25)23-26/h3-4,6-8,26H,1-2,5H2,(H,18,19)(H,23,25)(H2,17,20,21). The molecule has 10 heteroatoms. The van der Waals surface area contributed by atoms with E-state index in [2.05, 4.69) is 25.0 Å². The first kappa shape index (κ1) is 16.0. The lowest BCUT2D eigenvalue weighted by molar-refractivity contribution is -0.129. The second kappa shape index (κ2) is 6.41. The first-order chi connectivity index (χ1) is 12.7. The summed E-state index contributed by atoms with van der Waals surface area (Å²) in [6.45, 7) is 0.445. The van der Waals surface area contributed by atoms with Crippen LogP contribution in [-0.4, -0.2) is 40.8 Å². The molecule has 1 amide bonds. The third-order valence-electron chi connectivity index (χ3n) is 4.13. The van der Waals surface area contributed by atoms with Crippen molar-refractivity contribution in [2.45, 2.75) is 19.4 Å². The predicted octanol–water partition coefficient (Wildman–Crippen LogP) is 1.24. The number of H-pyrrole nitrogens is 1. The van der Waals surface area contributed by atoms with E-state index in [1.165, 1.54) is 6.33 Å². The van der Waals surface area contributed by atoms with Gasteiger partial charge in [0.1, 0.15) is 23.5 Å². The summed E-state index contributed by atoms with van der Waals surface area (Å²) in [6.07, 6.45) is 5.58. The van der Waals surface area contributed by atoms with Gasteiger partial charge in [-0.15, -0.1) is 0 Å². The Bertz CT molecular complexity index is 1100. The molecular formula is C16H16N8O2. The number of hydroxylamine groups is 1. The average molecular weight is 352 g/mol. The van der Waals surface area contributed by atoms with Gasteiger partial charge in [-0.05, 0) is 18.6 Å². The average Bonchev–Trinajstić information content (AvgIpc) is 3.26. The third kappa shape index (κ3) is 2.71. The van der Waals surface area contributed by atoms with Gasteiger partial charge >= 0.3 is 0 Å². The van der Waals surface area contributed by atoms with Crippen molar-refractivity contribution in [3.05, 3.63) is 30.9 Å². The quantitative estimate of drug-likeness (QED) is 0.312. The number of amides is 1. The molecule has 5 N–H and O–H groups in total. The highest BCUT2D eigenvalue weighted by Gasteiger charge is 2.17. The SMILES string of the molecule is Nc1ncnc2c1c(-c1cnc3[nH]ccc3c1)nn2CCCC(=O)NO. The summed E-state index contributed by atoms with van der Waals surface area (Å²) in [4.78, 5) is 27.0. The van der Waals surface area contributed by atoms with Gasteiger partial charge in [0.25, 0.3) is 0 Å². The highest BCUT2D eigenvalue weighted by molar-refractivity contribution is 5.99. The number of fused-ring (bicyclic) bond motifs is 2. The molecule has 132 valence electrons. The number of pyridine rings is 1. The number of hydrogen-bond donors (Lipinski definition) is 4. The number of aromatic nitrogens is 6. The van der Waals surface area contributed by atoms with Gasteiger partial charge in [-0.3, -0.25) is 10.0 Å². The highest BCUT2D eigenvalue weighted by Crippen LogP contribution is 2.31. The van der Waals surface area contributed by atoms with Crippen molar-refractivity contribution >= 4 is 33.8 Å². The van der Waals surface area contributed by atoms with E-state index in [0.717, 1.165) is 16.6 Å². The van der Waals surface area contributed by atoms with Crippen LogP contribution < -0.4 is 11.2 Å². The Morgan fingerprint density at radius 1 is 1.35 bits per heavy atom. The fourth-order valence-corrected chi connectivity index (χ4v) is 2.90. The van der Waals surface area contributed by atoms with Crippen molar-refractivity contribution in [2.75, 3.05) is 5.73 Å². The number of rotatable bonds is 5. The van der Waals surface area contributed by atoms with Crippen molar-refractivity contribution in [1.29, 1.82) is 0 Å². The maximum atomic E-state index is 11.2. The Balaban J connectivity index is 1.77. The zero-order valence-electron chi connectivity index (χ0n) is 13.7. The number of aromatic amines is 1. The molecule has 4 aromatic heterocycles. The van der Waals surface area contributed by atoms with Gasteiger partial charge in [0.2, 0.25) is 5.91 Å². The van der Waals surface area contributed by atoms with E-state index >= 15 is 0 Å². The Morgan fingerprint density at radius 2 is 2.23 bits per heavy atom. The number of nitrogens with zero attached hydrogens (tertiary/aromatic N) is 5. The molecule has 0 aromatic carbocycles. The zero-order valence-corrected chi connectivity index (χ0v) is 13.7. The van der Waals surface area contributed by atoms with E-state index in [1.54, 1.807) is 16.4 Å². The molecule has 0 aliphatic carbocycles. The zero-order chi connectivity index (χ0) is 18.1. The topological polar surface area (TPSA) is 148 Å². The van der Waals surface area contributed by atoms with Crippen LogP contribution in [0.15, 0.2) is 30.9 Å². The second-order valence-electron chi connectivity index (χ2n) is 5.81. The third-order valence-corrected chi connectivity index (χ3v) is 4.13. The van der Waals surface area contributed by atoms with E-state index in [4.69, 9.17) is 10.9 Å². The molecule has 0 atom stereocenters. The lowest BCUT2D eigenvalue weighted by atomic mass is 10.1. The molecule has 0 radical (unpaired) electrons. The fourth-order valence-electron chi connectivity index (χ4n) is 2.90. The van der Waals surface area contributed by atoms with E-state index in [-0.39, 0.29) is 6.42 Å². The molecule has 26 heavy (non-hydrogen) atoms.